The van der Waals surface area contributed by atoms with Gasteiger partial charge in [-0.1, -0.05) is 25.3 Å². The number of amides is 1. The zero-order valence-electron chi connectivity index (χ0n) is 24.4. The van der Waals surface area contributed by atoms with E-state index in [0.29, 0.717) is 12.0 Å². The Hall–Kier alpha value is -3.32. The van der Waals surface area contributed by atoms with Crippen molar-refractivity contribution in [2.45, 2.75) is 83.4 Å². The lowest BCUT2D eigenvalue weighted by Crippen LogP contribution is -2.45. The molecule has 2 aliphatic rings. The molecule has 7 nitrogen and oxygen atoms in total. The zero-order valence-corrected chi connectivity index (χ0v) is 24.4. The zero-order chi connectivity index (χ0) is 28.4. The first kappa shape index (κ1) is 28.2. The summed E-state index contributed by atoms with van der Waals surface area (Å²) in [5.41, 5.74) is 4.40. The summed E-state index contributed by atoms with van der Waals surface area (Å²) in [7, 11) is 4.20. The molecule has 2 aromatic carbocycles. The van der Waals surface area contributed by atoms with Crippen LogP contribution in [0.5, 0.6) is 5.75 Å². The van der Waals surface area contributed by atoms with Crippen molar-refractivity contribution in [3.05, 3.63) is 53.6 Å². The van der Waals surface area contributed by atoms with Gasteiger partial charge in [0.2, 0.25) is 5.91 Å². The number of fused-ring (bicyclic) bond motifs is 1. The number of carboxylic acids is 1. The number of hydrogen-bond donors (Lipinski definition) is 1. The van der Waals surface area contributed by atoms with E-state index in [1.54, 1.807) is 12.1 Å². The van der Waals surface area contributed by atoms with Crippen LogP contribution in [-0.4, -0.2) is 70.7 Å². The maximum absolute atomic E-state index is 13.8. The average molecular weight is 546 g/mol. The molecule has 1 saturated carbocycles. The SMILES string of the molecule is CC(C)Oc1ccc(-c2c(C3CCCCC3)c3ccc(C(=O)O)cc3n2CC(=O)N2CCC(N(C)C)CC2)cc1. The smallest absolute Gasteiger partial charge is 0.335 e. The highest BCUT2D eigenvalue weighted by Crippen LogP contribution is 2.44. The summed E-state index contributed by atoms with van der Waals surface area (Å²) in [6.07, 6.45) is 7.84. The van der Waals surface area contributed by atoms with Crippen LogP contribution >= 0.6 is 0 Å². The van der Waals surface area contributed by atoms with Crippen molar-refractivity contribution in [3.8, 4) is 17.0 Å². The molecular weight excluding hydrogens is 502 g/mol. The monoisotopic (exact) mass is 545 g/mol. The van der Waals surface area contributed by atoms with Crippen LogP contribution in [0, 0.1) is 0 Å². The number of rotatable bonds is 8. The molecule has 1 N–H and O–H groups in total. The molecule has 214 valence electrons. The molecule has 3 aromatic rings. The quantitative estimate of drug-likeness (QED) is 0.355. The number of ether oxygens (including phenoxy) is 1. The van der Waals surface area contributed by atoms with Gasteiger partial charge in [0.15, 0.2) is 0 Å². The van der Waals surface area contributed by atoms with E-state index in [1.807, 2.05) is 36.9 Å². The summed E-state index contributed by atoms with van der Waals surface area (Å²) in [6, 6.07) is 14.1. The van der Waals surface area contributed by atoms with Gasteiger partial charge in [0.25, 0.3) is 0 Å². The first-order valence-corrected chi connectivity index (χ1v) is 14.8. The van der Waals surface area contributed by atoms with Crippen molar-refractivity contribution in [2.75, 3.05) is 27.2 Å². The second-order valence-electron chi connectivity index (χ2n) is 12.0. The second kappa shape index (κ2) is 12.0. The van der Waals surface area contributed by atoms with Crippen LogP contribution in [0.25, 0.3) is 22.2 Å². The molecule has 0 unspecified atom stereocenters. The van der Waals surface area contributed by atoms with Gasteiger partial charge >= 0.3 is 5.97 Å². The minimum absolute atomic E-state index is 0.0822. The number of carbonyl (C=O) groups is 2. The molecule has 7 heteroatoms. The molecule has 1 aromatic heterocycles. The summed E-state index contributed by atoms with van der Waals surface area (Å²) in [6.45, 7) is 5.71. The van der Waals surface area contributed by atoms with Crippen LogP contribution < -0.4 is 4.74 Å². The fraction of sp³-hybridized carbons (Fsp3) is 0.515. The summed E-state index contributed by atoms with van der Waals surface area (Å²) >= 11 is 0. The van der Waals surface area contributed by atoms with E-state index in [9.17, 15) is 14.7 Å². The Morgan fingerprint density at radius 3 is 2.25 bits per heavy atom. The van der Waals surface area contributed by atoms with Crippen LogP contribution in [0.15, 0.2) is 42.5 Å². The number of aromatic carboxylic acids is 1. The third-order valence-corrected chi connectivity index (χ3v) is 8.70. The van der Waals surface area contributed by atoms with Crippen LogP contribution in [0.2, 0.25) is 0 Å². The maximum atomic E-state index is 13.8. The molecule has 0 atom stereocenters. The van der Waals surface area contributed by atoms with Gasteiger partial charge < -0.3 is 24.2 Å². The van der Waals surface area contributed by atoms with Gasteiger partial charge in [0.1, 0.15) is 12.3 Å². The van der Waals surface area contributed by atoms with Gasteiger partial charge in [-0.25, -0.2) is 4.79 Å². The number of benzene rings is 2. The van der Waals surface area contributed by atoms with Gasteiger partial charge in [-0.3, -0.25) is 4.79 Å². The van der Waals surface area contributed by atoms with Crippen LogP contribution in [0.3, 0.4) is 0 Å². The maximum Gasteiger partial charge on any atom is 0.335 e. The molecule has 5 rings (SSSR count). The van der Waals surface area contributed by atoms with Crippen LogP contribution in [-0.2, 0) is 11.3 Å². The highest BCUT2D eigenvalue weighted by atomic mass is 16.5. The second-order valence-corrected chi connectivity index (χ2v) is 12.0. The minimum atomic E-state index is -0.956. The molecule has 0 spiro atoms. The largest absolute Gasteiger partial charge is 0.491 e. The predicted molar refractivity (Wildman–Crippen MR) is 159 cm³/mol. The highest BCUT2D eigenvalue weighted by Gasteiger charge is 2.30. The number of likely N-dealkylation sites (tertiary alicyclic amines) is 1. The van der Waals surface area contributed by atoms with E-state index in [1.165, 1.54) is 24.8 Å². The molecule has 1 amide bonds. The lowest BCUT2D eigenvalue weighted by Gasteiger charge is -2.35. The third-order valence-electron chi connectivity index (χ3n) is 8.70. The Labute approximate surface area is 237 Å². The van der Waals surface area contributed by atoms with Crippen molar-refractivity contribution in [3.63, 3.8) is 0 Å². The molecule has 1 aliphatic carbocycles. The Morgan fingerprint density at radius 1 is 0.975 bits per heavy atom. The summed E-state index contributed by atoms with van der Waals surface area (Å²) in [5.74, 6) is 0.322. The van der Waals surface area contributed by atoms with Gasteiger partial charge in [-0.15, -0.1) is 0 Å². The van der Waals surface area contributed by atoms with E-state index in [0.717, 1.165) is 66.7 Å². The van der Waals surface area contributed by atoms with Crippen molar-refractivity contribution in [2.24, 2.45) is 0 Å². The number of carbonyl (C=O) groups excluding carboxylic acids is 1. The lowest BCUT2D eigenvalue weighted by molar-refractivity contribution is -0.133. The molecule has 2 fully saturated rings. The predicted octanol–water partition coefficient (Wildman–Crippen LogP) is 6.39. The Kier molecular flexibility index (Phi) is 8.50. The minimum Gasteiger partial charge on any atom is -0.491 e. The van der Waals surface area contributed by atoms with Crippen molar-refractivity contribution in [1.82, 2.24) is 14.4 Å². The number of piperidine rings is 1. The fourth-order valence-corrected chi connectivity index (χ4v) is 6.62. The van der Waals surface area contributed by atoms with Crippen molar-refractivity contribution < 1.29 is 19.4 Å². The third kappa shape index (κ3) is 5.90. The molecule has 1 saturated heterocycles. The Morgan fingerprint density at radius 2 is 1.65 bits per heavy atom. The first-order valence-electron chi connectivity index (χ1n) is 14.8. The molecule has 1 aliphatic heterocycles. The highest BCUT2D eigenvalue weighted by molar-refractivity contribution is 5.99. The first-order chi connectivity index (χ1) is 19.2. The molecule has 0 bridgehead atoms. The van der Waals surface area contributed by atoms with E-state index in [-0.39, 0.29) is 24.1 Å². The normalized spacial score (nSPS) is 17.2. The van der Waals surface area contributed by atoms with E-state index < -0.39 is 5.97 Å². The van der Waals surface area contributed by atoms with Crippen molar-refractivity contribution >= 4 is 22.8 Å². The van der Waals surface area contributed by atoms with E-state index >= 15 is 0 Å². The van der Waals surface area contributed by atoms with Gasteiger partial charge in [-0.2, -0.15) is 0 Å². The molecule has 2 heterocycles. The number of hydrogen-bond acceptors (Lipinski definition) is 4. The molecular formula is C33H43N3O4. The Bertz CT molecular complexity index is 1340. The average Bonchev–Trinajstić information content (AvgIpc) is 3.26. The molecule has 40 heavy (non-hydrogen) atoms. The Balaban J connectivity index is 1.62. The number of aromatic nitrogens is 1. The van der Waals surface area contributed by atoms with Crippen LogP contribution in [0.1, 0.15) is 80.6 Å². The van der Waals surface area contributed by atoms with E-state index in [4.69, 9.17) is 4.74 Å². The van der Waals surface area contributed by atoms with Crippen LogP contribution in [0.4, 0.5) is 0 Å². The topological polar surface area (TPSA) is 75.0 Å². The number of carboxylic acid groups (broad SMARTS) is 1. The summed E-state index contributed by atoms with van der Waals surface area (Å²) in [4.78, 5) is 30.0. The fourth-order valence-electron chi connectivity index (χ4n) is 6.62. The lowest BCUT2D eigenvalue weighted by atomic mass is 9.81. The number of nitrogens with zero attached hydrogens (tertiary/aromatic N) is 3. The van der Waals surface area contributed by atoms with Gasteiger partial charge in [-0.05, 0) is 107 Å². The summed E-state index contributed by atoms with van der Waals surface area (Å²) in [5, 5.41) is 10.9. The standard InChI is InChI=1S/C33H43N3O4/c1-22(2)40-27-13-10-24(11-14-27)32-31(23-8-6-5-7-9-23)28-15-12-25(33(38)39)20-29(28)36(32)21-30(37)35-18-16-26(17-19-35)34(3)4/h10-15,20,22-23,26H,5-9,16-19,21H2,1-4H3,(H,38,39). The molecule has 0 radical (unpaired) electrons. The van der Waals surface area contributed by atoms with Gasteiger partial charge in [0.05, 0.1) is 22.9 Å². The van der Waals surface area contributed by atoms with Gasteiger partial charge in [0, 0.05) is 24.5 Å². The van der Waals surface area contributed by atoms with E-state index in [2.05, 4.69) is 35.7 Å². The van der Waals surface area contributed by atoms with Crippen molar-refractivity contribution in [1.29, 1.82) is 0 Å². The summed E-state index contributed by atoms with van der Waals surface area (Å²) < 4.78 is 8.02.